The number of aryl methyl sites for hydroxylation is 5. The van der Waals surface area contributed by atoms with Gasteiger partial charge in [0.05, 0.1) is 36.1 Å². The van der Waals surface area contributed by atoms with Gasteiger partial charge in [0.25, 0.3) is 11.8 Å². The van der Waals surface area contributed by atoms with Gasteiger partial charge < -0.3 is 39.1 Å². The molecule has 0 aliphatic carbocycles. The molecule has 2 aromatic carbocycles. The quantitative estimate of drug-likeness (QED) is 0.0546. The van der Waals surface area contributed by atoms with E-state index in [2.05, 4.69) is 54.4 Å². The minimum atomic E-state index is -2.00. The van der Waals surface area contributed by atoms with E-state index in [1.165, 1.54) is 7.11 Å². The molecular weight excluding hydrogens is 849 g/mol. The summed E-state index contributed by atoms with van der Waals surface area (Å²) in [5, 5.41) is 11.9. The average Bonchev–Trinajstić information content (AvgIpc) is 4.00. The predicted molar refractivity (Wildman–Crippen MR) is 250 cm³/mol. The van der Waals surface area contributed by atoms with Gasteiger partial charge in [-0.3, -0.25) is 33.9 Å². The minimum absolute atomic E-state index is 0.0448. The number of aromatic nitrogens is 8. The van der Waals surface area contributed by atoms with Crippen LogP contribution >= 0.6 is 0 Å². The number of carbonyl (C=O) groups is 4. The van der Waals surface area contributed by atoms with Crippen molar-refractivity contribution in [2.75, 3.05) is 25.6 Å². The largest absolute Gasteiger partial charge is 0.494 e. The molecule has 0 saturated carbocycles. The van der Waals surface area contributed by atoms with Crippen LogP contribution in [0.3, 0.4) is 0 Å². The molecule has 6 aromatic rings. The van der Waals surface area contributed by atoms with Crippen LogP contribution in [0.4, 0.5) is 5.95 Å². The highest BCUT2D eigenvalue weighted by Crippen LogP contribution is 2.37. The lowest BCUT2D eigenvalue weighted by molar-refractivity contribution is 0.0980. The first-order valence-electron chi connectivity index (χ1n) is 21.5. The molecule has 0 fully saturated rings. The van der Waals surface area contributed by atoms with E-state index in [1.807, 2.05) is 32.9 Å². The Balaban J connectivity index is 1.43. The van der Waals surface area contributed by atoms with Crippen LogP contribution in [-0.2, 0) is 37.7 Å². The van der Waals surface area contributed by atoms with Crippen LogP contribution in [0.15, 0.2) is 53.5 Å². The van der Waals surface area contributed by atoms with Crippen molar-refractivity contribution in [3.8, 4) is 11.5 Å². The van der Waals surface area contributed by atoms with Crippen LogP contribution < -0.4 is 31.9 Å². The fourth-order valence-corrected chi connectivity index (χ4v) is 8.34. The van der Waals surface area contributed by atoms with Gasteiger partial charge in [0.15, 0.2) is 8.32 Å². The van der Waals surface area contributed by atoms with Gasteiger partial charge in [-0.1, -0.05) is 32.9 Å². The van der Waals surface area contributed by atoms with Crippen molar-refractivity contribution < 1.29 is 33.1 Å². The molecule has 0 aliphatic rings. The SMILES string of the molecule is CCn1nc(C)cc1C(=O)N=c1n(C)c2cc(C(N)=O)cc(OC)c2n1C/C=C/Cn1c(NC(=O)c2cc(C)nn2CC)nc2cc(C(N)=O)cc(OCCCO[Si](C)(C)C(C)(C)C)c21. The van der Waals surface area contributed by atoms with E-state index in [4.69, 9.17) is 30.4 Å². The average molecular weight is 909 g/mol. The number of fused-ring (bicyclic) bond motifs is 2. The van der Waals surface area contributed by atoms with Crippen LogP contribution in [0.25, 0.3) is 22.1 Å². The maximum Gasteiger partial charge on any atom is 0.298 e. The summed E-state index contributed by atoms with van der Waals surface area (Å²) in [6.07, 6.45) is 4.32. The number of anilines is 1. The number of benzene rings is 2. The van der Waals surface area contributed by atoms with E-state index in [0.29, 0.717) is 82.5 Å². The molecule has 0 saturated heterocycles. The molecule has 65 heavy (non-hydrogen) atoms. The van der Waals surface area contributed by atoms with Crippen molar-refractivity contribution in [2.24, 2.45) is 23.5 Å². The molecule has 0 unspecified atom stereocenters. The number of hydrogen-bond acceptors (Lipinski definition) is 10. The predicted octanol–water partition coefficient (Wildman–Crippen LogP) is 5.63. The van der Waals surface area contributed by atoms with Crippen LogP contribution in [0.2, 0.25) is 18.1 Å². The summed E-state index contributed by atoms with van der Waals surface area (Å²) in [5.74, 6) is -1.38. The monoisotopic (exact) mass is 908 g/mol. The van der Waals surface area contributed by atoms with Crippen molar-refractivity contribution in [2.45, 2.75) is 99.2 Å². The number of hydrogen-bond donors (Lipinski definition) is 3. The highest BCUT2D eigenvalue weighted by molar-refractivity contribution is 6.74. The molecular formula is C45H60N12O7Si. The zero-order valence-corrected chi connectivity index (χ0v) is 40.1. The zero-order chi connectivity index (χ0) is 47.5. The van der Waals surface area contributed by atoms with E-state index in [-0.39, 0.29) is 47.4 Å². The third-order valence-electron chi connectivity index (χ3n) is 11.7. The Morgan fingerprint density at radius 2 is 1.40 bits per heavy atom. The summed E-state index contributed by atoms with van der Waals surface area (Å²) < 4.78 is 27.0. The lowest BCUT2D eigenvalue weighted by atomic mass is 10.1. The molecule has 0 bridgehead atoms. The number of imidazole rings is 2. The normalized spacial score (nSPS) is 12.5. The lowest BCUT2D eigenvalue weighted by Gasteiger charge is -2.36. The third-order valence-corrected chi connectivity index (χ3v) is 16.2. The number of nitrogens with one attached hydrogen (secondary N) is 1. The van der Waals surface area contributed by atoms with Gasteiger partial charge in [-0.05, 0) is 82.2 Å². The summed E-state index contributed by atoms with van der Waals surface area (Å²) in [7, 11) is 1.22. The highest BCUT2D eigenvalue weighted by Gasteiger charge is 2.37. The fraction of sp³-hybridized carbons (Fsp3) is 0.422. The van der Waals surface area contributed by atoms with Gasteiger partial charge >= 0.3 is 0 Å². The van der Waals surface area contributed by atoms with Gasteiger partial charge in [-0.2, -0.15) is 15.2 Å². The summed E-state index contributed by atoms with van der Waals surface area (Å²) in [6.45, 7) is 20.4. The van der Waals surface area contributed by atoms with Crippen LogP contribution in [0.5, 0.6) is 11.5 Å². The van der Waals surface area contributed by atoms with Crippen molar-refractivity contribution in [3.63, 3.8) is 0 Å². The van der Waals surface area contributed by atoms with Crippen LogP contribution in [0.1, 0.15) is 94.1 Å². The molecule has 19 nitrogen and oxygen atoms in total. The van der Waals surface area contributed by atoms with E-state index >= 15 is 0 Å². The summed E-state index contributed by atoms with van der Waals surface area (Å²) in [5.41, 5.74) is 16.2. The maximum atomic E-state index is 13.9. The Kier molecular flexibility index (Phi) is 14.0. The third kappa shape index (κ3) is 9.97. The van der Waals surface area contributed by atoms with Gasteiger partial charge in [0, 0.05) is 57.4 Å². The fourth-order valence-electron chi connectivity index (χ4n) is 7.26. The first kappa shape index (κ1) is 47.7. The molecule has 346 valence electrons. The molecule has 4 aromatic heterocycles. The second kappa shape index (κ2) is 19.1. The van der Waals surface area contributed by atoms with Crippen LogP contribution in [0, 0.1) is 13.8 Å². The maximum absolute atomic E-state index is 13.9. The van der Waals surface area contributed by atoms with Gasteiger partial charge in [-0.25, -0.2) is 4.98 Å². The molecule has 6 rings (SSSR count). The second-order valence-electron chi connectivity index (χ2n) is 17.3. The number of nitrogens with zero attached hydrogens (tertiary/aromatic N) is 9. The molecule has 5 N–H and O–H groups in total. The van der Waals surface area contributed by atoms with E-state index in [1.54, 1.807) is 73.4 Å². The zero-order valence-electron chi connectivity index (χ0n) is 39.1. The Morgan fingerprint density at radius 1 is 0.815 bits per heavy atom. The minimum Gasteiger partial charge on any atom is -0.494 e. The number of ether oxygens (including phenoxy) is 2. The number of carbonyl (C=O) groups excluding carboxylic acids is 4. The Morgan fingerprint density at radius 3 is 2.00 bits per heavy atom. The van der Waals surface area contributed by atoms with Crippen LogP contribution in [-0.4, -0.2) is 90.5 Å². The van der Waals surface area contributed by atoms with Crippen molar-refractivity contribution in [1.29, 1.82) is 0 Å². The molecule has 0 spiro atoms. The molecule has 0 radical (unpaired) electrons. The van der Waals surface area contributed by atoms with E-state index in [0.717, 1.165) is 0 Å². The number of primary amides is 2. The highest BCUT2D eigenvalue weighted by atomic mass is 28.4. The first-order valence-corrected chi connectivity index (χ1v) is 24.4. The molecule has 4 heterocycles. The van der Waals surface area contributed by atoms with E-state index < -0.39 is 31.9 Å². The van der Waals surface area contributed by atoms with Crippen molar-refractivity contribution >= 4 is 60.0 Å². The van der Waals surface area contributed by atoms with Gasteiger partial charge in [-0.15, -0.1) is 0 Å². The topological polar surface area (TPSA) is 236 Å². The number of nitrogens with two attached hydrogens (primary N) is 2. The van der Waals surface area contributed by atoms with Crippen molar-refractivity contribution in [1.82, 2.24) is 38.2 Å². The second-order valence-corrected chi connectivity index (χ2v) is 22.1. The summed E-state index contributed by atoms with van der Waals surface area (Å²) in [4.78, 5) is 62.1. The first-order chi connectivity index (χ1) is 30.7. The molecule has 0 atom stereocenters. The Labute approximate surface area is 378 Å². The number of methoxy groups -OCH3 is 1. The number of amides is 4. The Hall–Kier alpha value is -6.80. The standard InChI is InChI=1S/C45H60N12O7Si/c1-12-56-33(21-27(3)51-56)41(60)49-43-48-31-23-29(39(46)58)26-36(63-19-16-20-64-65(10,11)45(5,6)7)37(31)54(43)17-14-15-18-55-38-32(24-30(40(47)59)25-35(38)62-9)53(8)44(55)50-42(61)34-22-28(4)52-57(34)13-2/h14-15,21-26H,12-13,16-20H2,1-11H3,(H2,46,58)(H2,47,59)(H,48,49,60)/b15-14+,50-44?. The lowest BCUT2D eigenvalue weighted by Crippen LogP contribution is -2.41. The molecule has 20 heteroatoms. The number of allylic oxidation sites excluding steroid dienone is 2. The Bertz CT molecular complexity index is 2900. The molecule has 4 amide bonds. The summed E-state index contributed by atoms with van der Waals surface area (Å²) in [6, 6.07) is 9.71. The molecule has 0 aliphatic heterocycles. The number of rotatable bonds is 18. The van der Waals surface area contributed by atoms with Gasteiger partial charge in [0.2, 0.25) is 23.4 Å². The summed E-state index contributed by atoms with van der Waals surface area (Å²) >= 11 is 0. The van der Waals surface area contributed by atoms with E-state index in [9.17, 15) is 19.2 Å². The van der Waals surface area contributed by atoms with Crippen molar-refractivity contribution in [3.05, 3.63) is 88.1 Å². The smallest absolute Gasteiger partial charge is 0.298 e. The van der Waals surface area contributed by atoms with Gasteiger partial charge in [0.1, 0.15) is 33.9 Å².